The molecule has 0 heterocycles. The molecule has 0 N–H and O–H groups in total. The molecule has 0 unspecified atom stereocenters. The topological polar surface area (TPSA) is 29.5 Å². The Bertz CT molecular complexity index is 498. The molecule has 0 aliphatic carbocycles. The van der Waals surface area contributed by atoms with Crippen LogP contribution in [0.25, 0.3) is 0 Å². The fraction of sp³-hybridized carbons (Fsp3) is 0.562. The highest BCUT2D eigenvalue weighted by Crippen LogP contribution is 2.24. The second-order valence-corrected chi connectivity index (χ2v) is 7.78. The van der Waals surface area contributed by atoms with Crippen molar-refractivity contribution in [3.63, 3.8) is 0 Å². The van der Waals surface area contributed by atoms with E-state index in [1.165, 1.54) is 0 Å². The van der Waals surface area contributed by atoms with E-state index in [1.54, 1.807) is 4.90 Å². The third-order valence-electron chi connectivity index (χ3n) is 2.61. The van der Waals surface area contributed by atoms with Crippen LogP contribution < -0.4 is 0 Å². The van der Waals surface area contributed by atoms with Gasteiger partial charge in [-0.2, -0.15) is 0 Å². The third kappa shape index (κ3) is 6.70. The molecule has 0 aliphatic heterocycles. The van der Waals surface area contributed by atoms with Crippen molar-refractivity contribution in [1.29, 1.82) is 0 Å². The molecule has 5 heteroatoms. The highest BCUT2D eigenvalue weighted by atomic mass is 79.9. The summed E-state index contributed by atoms with van der Waals surface area (Å²) in [4.78, 5) is 14.1. The van der Waals surface area contributed by atoms with Gasteiger partial charge in [-0.3, -0.25) is 0 Å². The quantitative estimate of drug-likeness (QED) is 0.695. The number of amides is 1. The van der Waals surface area contributed by atoms with Crippen molar-refractivity contribution >= 4 is 33.6 Å². The Balaban J connectivity index is 2.92. The summed E-state index contributed by atoms with van der Waals surface area (Å²) in [5.74, 6) is 0.357. The minimum absolute atomic E-state index is 0.303. The largest absolute Gasteiger partial charge is 0.444 e. The van der Waals surface area contributed by atoms with Crippen molar-refractivity contribution in [2.24, 2.45) is 5.92 Å². The van der Waals surface area contributed by atoms with E-state index >= 15 is 0 Å². The van der Waals surface area contributed by atoms with Crippen LogP contribution in [-0.2, 0) is 11.3 Å². The fourth-order valence-corrected chi connectivity index (χ4v) is 2.41. The number of ether oxygens (including phenoxy) is 1. The molecule has 0 bridgehead atoms. The van der Waals surface area contributed by atoms with Crippen molar-refractivity contribution in [2.45, 2.75) is 46.8 Å². The van der Waals surface area contributed by atoms with Gasteiger partial charge in [0.2, 0.25) is 0 Å². The average Bonchev–Trinajstić information content (AvgIpc) is 2.30. The van der Waals surface area contributed by atoms with E-state index in [9.17, 15) is 4.79 Å². The Morgan fingerprint density at radius 2 is 2.00 bits per heavy atom. The van der Waals surface area contributed by atoms with Gasteiger partial charge in [-0.25, -0.2) is 4.79 Å². The maximum absolute atomic E-state index is 12.4. The maximum atomic E-state index is 12.4. The SMILES string of the molecule is CC(C)CN(Cc1cc(Cl)ccc1Br)C(=O)OC(C)(C)C. The maximum Gasteiger partial charge on any atom is 0.410 e. The normalized spacial score (nSPS) is 11.6. The Morgan fingerprint density at radius 3 is 2.52 bits per heavy atom. The number of rotatable bonds is 4. The Morgan fingerprint density at radius 1 is 1.38 bits per heavy atom. The fourth-order valence-electron chi connectivity index (χ4n) is 1.84. The van der Waals surface area contributed by atoms with Crippen LogP contribution in [0, 0.1) is 5.92 Å². The molecule has 21 heavy (non-hydrogen) atoms. The number of nitrogens with zero attached hydrogens (tertiary/aromatic N) is 1. The lowest BCUT2D eigenvalue weighted by atomic mass is 10.1. The van der Waals surface area contributed by atoms with Crippen LogP contribution in [0.5, 0.6) is 0 Å². The number of halogens is 2. The molecule has 0 radical (unpaired) electrons. The van der Waals surface area contributed by atoms with E-state index in [0.29, 0.717) is 24.0 Å². The zero-order chi connectivity index (χ0) is 16.2. The van der Waals surface area contributed by atoms with Crippen molar-refractivity contribution in [1.82, 2.24) is 4.90 Å². The molecular weight excluding hydrogens is 354 g/mol. The van der Waals surface area contributed by atoms with Gasteiger partial charge in [0.1, 0.15) is 5.60 Å². The molecule has 0 aliphatic rings. The zero-order valence-corrected chi connectivity index (χ0v) is 15.6. The van der Waals surface area contributed by atoms with Gasteiger partial charge < -0.3 is 9.64 Å². The molecule has 118 valence electrons. The first-order valence-corrected chi connectivity index (χ1v) is 8.17. The Kier molecular flexibility index (Phi) is 6.54. The Labute approximate surface area is 140 Å². The molecule has 1 rings (SSSR count). The number of hydrogen-bond donors (Lipinski definition) is 0. The molecule has 3 nitrogen and oxygen atoms in total. The minimum Gasteiger partial charge on any atom is -0.444 e. The van der Waals surface area contributed by atoms with Crippen molar-refractivity contribution in [2.75, 3.05) is 6.54 Å². The monoisotopic (exact) mass is 375 g/mol. The van der Waals surface area contributed by atoms with Gasteiger partial charge in [0.25, 0.3) is 0 Å². The predicted molar refractivity (Wildman–Crippen MR) is 90.6 cm³/mol. The van der Waals surface area contributed by atoms with E-state index in [1.807, 2.05) is 39.0 Å². The molecule has 0 saturated carbocycles. The van der Waals surface area contributed by atoms with Crippen LogP contribution in [0.15, 0.2) is 22.7 Å². The van der Waals surface area contributed by atoms with Crippen LogP contribution in [0.3, 0.4) is 0 Å². The summed E-state index contributed by atoms with van der Waals surface area (Å²) in [5.41, 5.74) is 0.465. The summed E-state index contributed by atoms with van der Waals surface area (Å²) in [7, 11) is 0. The van der Waals surface area contributed by atoms with E-state index < -0.39 is 5.60 Å². The van der Waals surface area contributed by atoms with Gasteiger partial charge in [0, 0.05) is 16.0 Å². The average molecular weight is 377 g/mol. The van der Waals surface area contributed by atoms with Gasteiger partial charge >= 0.3 is 6.09 Å². The lowest BCUT2D eigenvalue weighted by molar-refractivity contribution is 0.0211. The molecule has 1 aromatic carbocycles. The molecule has 0 fully saturated rings. The summed E-state index contributed by atoms with van der Waals surface area (Å²) in [6, 6.07) is 5.57. The second-order valence-electron chi connectivity index (χ2n) is 6.49. The predicted octanol–water partition coefficient (Wildman–Crippen LogP) is 5.50. The highest BCUT2D eigenvalue weighted by Gasteiger charge is 2.23. The summed E-state index contributed by atoms with van der Waals surface area (Å²) in [6.07, 6.45) is -0.303. The first-order valence-electron chi connectivity index (χ1n) is 7.00. The number of carbonyl (C=O) groups excluding carboxylic acids is 1. The standard InChI is InChI=1S/C16H23BrClNO2/c1-11(2)9-19(15(20)21-16(3,4)5)10-12-8-13(18)6-7-14(12)17/h6-8,11H,9-10H2,1-5H3. The number of carbonyl (C=O) groups is 1. The second kappa shape index (κ2) is 7.50. The van der Waals surface area contributed by atoms with Crippen LogP contribution >= 0.6 is 27.5 Å². The smallest absolute Gasteiger partial charge is 0.410 e. The summed E-state index contributed by atoms with van der Waals surface area (Å²) >= 11 is 9.53. The van der Waals surface area contributed by atoms with Gasteiger partial charge in [0.15, 0.2) is 0 Å². The molecule has 0 spiro atoms. The molecule has 0 atom stereocenters. The summed E-state index contributed by atoms with van der Waals surface area (Å²) in [6.45, 7) is 10.9. The van der Waals surface area contributed by atoms with Gasteiger partial charge in [0.05, 0.1) is 6.54 Å². The molecular formula is C16H23BrClNO2. The molecule has 0 aromatic heterocycles. The van der Waals surface area contributed by atoms with Gasteiger partial charge in [-0.1, -0.05) is 41.4 Å². The summed E-state index contributed by atoms with van der Waals surface area (Å²) in [5, 5.41) is 0.655. The number of hydrogen-bond acceptors (Lipinski definition) is 2. The molecule has 0 saturated heterocycles. The van der Waals surface area contributed by atoms with Crippen LogP contribution in [0.2, 0.25) is 5.02 Å². The van der Waals surface area contributed by atoms with Gasteiger partial charge in [-0.15, -0.1) is 0 Å². The van der Waals surface area contributed by atoms with Crippen molar-refractivity contribution < 1.29 is 9.53 Å². The van der Waals surface area contributed by atoms with Crippen LogP contribution in [0.4, 0.5) is 4.79 Å². The number of benzene rings is 1. The minimum atomic E-state index is -0.502. The first kappa shape index (κ1) is 18.3. The van der Waals surface area contributed by atoms with Crippen LogP contribution in [0.1, 0.15) is 40.2 Å². The zero-order valence-electron chi connectivity index (χ0n) is 13.2. The Hall–Kier alpha value is -0.740. The van der Waals surface area contributed by atoms with E-state index in [-0.39, 0.29) is 6.09 Å². The lowest BCUT2D eigenvalue weighted by Crippen LogP contribution is -2.38. The molecule has 1 amide bonds. The highest BCUT2D eigenvalue weighted by molar-refractivity contribution is 9.10. The van der Waals surface area contributed by atoms with Crippen molar-refractivity contribution in [3.05, 3.63) is 33.3 Å². The van der Waals surface area contributed by atoms with E-state index in [0.717, 1.165) is 10.0 Å². The van der Waals surface area contributed by atoms with E-state index in [4.69, 9.17) is 16.3 Å². The van der Waals surface area contributed by atoms with Crippen LogP contribution in [-0.4, -0.2) is 23.1 Å². The van der Waals surface area contributed by atoms with Gasteiger partial charge in [-0.05, 0) is 50.5 Å². The van der Waals surface area contributed by atoms with E-state index in [2.05, 4.69) is 29.8 Å². The summed E-state index contributed by atoms with van der Waals surface area (Å²) < 4.78 is 6.42. The third-order valence-corrected chi connectivity index (χ3v) is 3.61. The first-order chi connectivity index (χ1) is 9.58. The lowest BCUT2D eigenvalue weighted by Gasteiger charge is -2.29. The molecule has 1 aromatic rings. The van der Waals surface area contributed by atoms with Crippen molar-refractivity contribution in [3.8, 4) is 0 Å².